The Morgan fingerprint density at radius 1 is 0.944 bits per heavy atom. The van der Waals surface area contributed by atoms with Crippen molar-refractivity contribution in [2.75, 3.05) is 0 Å². The van der Waals surface area contributed by atoms with Crippen LogP contribution in [0.1, 0.15) is 18.1 Å². The summed E-state index contributed by atoms with van der Waals surface area (Å²) in [5.41, 5.74) is 10.6. The molecule has 2 aromatic carbocycles. The molecule has 0 amide bonds. The van der Waals surface area contributed by atoms with Crippen LogP contribution in [0.5, 0.6) is 0 Å². The van der Waals surface area contributed by atoms with Crippen LogP contribution in [0.4, 0.5) is 0 Å². The fourth-order valence-corrected chi connectivity index (χ4v) is 2.33. The highest BCUT2D eigenvalue weighted by atomic mass is 32.1. The summed E-state index contributed by atoms with van der Waals surface area (Å²) >= 11 is 4.33. The van der Waals surface area contributed by atoms with Gasteiger partial charge in [-0.2, -0.15) is 4.79 Å². The third-order valence-electron chi connectivity index (χ3n) is 3.24. The van der Waals surface area contributed by atoms with Crippen LogP contribution in [0.15, 0.2) is 60.7 Å². The van der Waals surface area contributed by atoms with Crippen molar-refractivity contribution in [3.8, 4) is 0 Å². The maximum Gasteiger partial charge on any atom is 0.337 e. The van der Waals surface area contributed by atoms with Gasteiger partial charge in [0.05, 0.1) is 0 Å². The molecule has 0 atom stereocenters. The zero-order valence-corrected chi connectivity index (χ0v) is 11.0. The van der Waals surface area contributed by atoms with E-state index in [0.29, 0.717) is 5.04 Å². The molecule has 0 N–H and O–H groups in total. The molecule has 0 saturated heterocycles. The molecule has 90 valence electrons. The van der Waals surface area contributed by atoms with Gasteiger partial charge in [0.1, 0.15) is 5.41 Å². The van der Waals surface area contributed by atoms with E-state index in [1.807, 2.05) is 67.6 Å². The van der Waals surface area contributed by atoms with Crippen LogP contribution in [0.2, 0.25) is 0 Å². The molecule has 3 heteroatoms. The maximum absolute atomic E-state index is 9.10. The number of hydrogen-bond donors (Lipinski definition) is 1. The van der Waals surface area contributed by atoms with Crippen LogP contribution < -0.4 is 0 Å². The molecule has 0 aromatic heterocycles. The van der Waals surface area contributed by atoms with Gasteiger partial charge in [0, 0.05) is 0 Å². The summed E-state index contributed by atoms with van der Waals surface area (Å²) in [6.45, 7) is 2.00. The van der Waals surface area contributed by atoms with Crippen molar-refractivity contribution in [2.45, 2.75) is 12.3 Å². The second-order valence-corrected chi connectivity index (χ2v) is 4.70. The molecule has 0 spiro atoms. The molecular weight excluding hydrogens is 240 g/mol. The Hall–Kier alpha value is -1.83. The molecule has 0 bridgehead atoms. The van der Waals surface area contributed by atoms with Crippen LogP contribution in [-0.4, -0.2) is 9.83 Å². The smallest absolute Gasteiger partial charge is 0.337 e. The topological polar surface area (TPSA) is 36.4 Å². The highest BCUT2D eigenvalue weighted by Crippen LogP contribution is 2.33. The normalized spacial score (nSPS) is 10.8. The van der Waals surface area contributed by atoms with Crippen molar-refractivity contribution in [3.05, 3.63) is 77.3 Å². The van der Waals surface area contributed by atoms with Gasteiger partial charge in [-0.3, -0.25) is 0 Å². The van der Waals surface area contributed by atoms with Crippen molar-refractivity contribution in [3.63, 3.8) is 0 Å². The minimum Gasteiger partial charge on any atom is -0.360 e. The third kappa shape index (κ3) is 2.10. The predicted octanol–water partition coefficient (Wildman–Crippen LogP) is 3.55. The number of nitrogens with zero attached hydrogens (tertiary/aromatic N) is 2. The summed E-state index contributed by atoms with van der Waals surface area (Å²) in [6, 6.07) is 19.8. The van der Waals surface area contributed by atoms with E-state index in [-0.39, 0.29) is 0 Å². The van der Waals surface area contributed by atoms with Crippen LogP contribution in [0.3, 0.4) is 0 Å². The largest absolute Gasteiger partial charge is 0.360 e. The summed E-state index contributed by atoms with van der Waals surface area (Å²) in [4.78, 5) is 3.29. The molecule has 2 aromatic rings. The van der Waals surface area contributed by atoms with E-state index < -0.39 is 5.41 Å². The Balaban J connectivity index is 2.67. The summed E-state index contributed by atoms with van der Waals surface area (Å²) in [7, 11) is 0. The van der Waals surface area contributed by atoms with Gasteiger partial charge in [-0.1, -0.05) is 73.3 Å². The first-order valence-corrected chi connectivity index (χ1v) is 6.17. The molecule has 2 nitrogen and oxygen atoms in total. The molecule has 18 heavy (non-hydrogen) atoms. The lowest BCUT2D eigenvalue weighted by Crippen LogP contribution is -2.31. The molecule has 0 heterocycles. The van der Waals surface area contributed by atoms with Gasteiger partial charge in [0.15, 0.2) is 0 Å². The van der Waals surface area contributed by atoms with E-state index in [4.69, 9.17) is 5.53 Å². The Kier molecular flexibility index (Phi) is 3.66. The monoisotopic (exact) mass is 254 g/mol. The molecule has 0 unspecified atom stereocenters. The number of rotatable bonds is 3. The fourth-order valence-electron chi connectivity index (χ4n) is 2.07. The fraction of sp³-hybridized carbons (Fsp3) is 0.133. The molecule has 0 aliphatic heterocycles. The Labute approximate surface area is 112 Å². The van der Waals surface area contributed by atoms with Gasteiger partial charge < -0.3 is 5.53 Å². The zero-order chi connectivity index (χ0) is 13.0. The minimum absolute atomic E-state index is 0.375. The van der Waals surface area contributed by atoms with Gasteiger partial charge in [0.25, 0.3) is 0 Å². The molecular formula is C15H14N2S. The number of thiol groups is 1. The summed E-state index contributed by atoms with van der Waals surface area (Å²) in [5.74, 6) is 0. The Morgan fingerprint density at radius 2 is 1.33 bits per heavy atom. The first-order chi connectivity index (χ1) is 8.69. The second kappa shape index (κ2) is 5.21. The van der Waals surface area contributed by atoms with E-state index in [2.05, 4.69) is 17.4 Å². The standard InChI is InChI=1S/C15H14N2S/c1-15(14(18)17-16,12-8-4-2-5-9-12)13-10-6-3-7-11-13/h2-11,18H,1H3. The van der Waals surface area contributed by atoms with Crippen LogP contribution in [0, 0.1) is 0 Å². The Morgan fingerprint density at radius 3 is 1.67 bits per heavy atom. The lowest BCUT2D eigenvalue weighted by Gasteiger charge is -2.24. The van der Waals surface area contributed by atoms with Crippen LogP contribution in [-0.2, 0) is 5.41 Å². The highest BCUT2D eigenvalue weighted by molar-refractivity contribution is 7.96. The first kappa shape index (κ1) is 12.6. The molecule has 0 radical (unpaired) electrons. The molecule has 0 aliphatic rings. The average molecular weight is 254 g/mol. The molecule has 0 aliphatic carbocycles. The van der Waals surface area contributed by atoms with Crippen LogP contribution >= 0.6 is 12.6 Å². The van der Waals surface area contributed by atoms with E-state index in [1.165, 1.54) is 0 Å². The first-order valence-electron chi connectivity index (χ1n) is 5.72. The van der Waals surface area contributed by atoms with Crippen molar-refractivity contribution >= 4 is 17.7 Å². The molecule has 0 saturated carbocycles. The highest BCUT2D eigenvalue weighted by Gasteiger charge is 2.38. The van der Waals surface area contributed by atoms with Gasteiger partial charge >= 0.3 is 5.04 Å². The minimum atomic E-state index is -0.541. The van der Waals surface area contributed by atoms with E-state index in [0.717, 1.165) is 11.1 Å². The van der Waals surface area contributed by atoms with E-state index in [1.54, 1.807) is 0 Å². The van der Waals surface area contributed by atoms with Crippen molar-refractivity contribution in [1.82, 2.24) is 0 Å². The zero-order valence-electron chi connectivity index (χ0n) is 10.1. The summed E-state index contributed by atoms with van der Waals surface area (Å²) in [5, 5.41) is 0.375. The number of benzene rings is 2. The summed E-state index contributed by atoms with van der Waals surface area (Å²) in [6.07, 6.45) is 0. The van der Waals surface area contributed by atoms with Gasteiger partial charge in [-0.05, 0) is 18.1 Å². The molecule has 2 rings (SSSR count). The lowest BCUT2D eigenvalue weighted by atomic mass is 9.77. The summed E-state index contributed by atoms with van der Waals surface area (Å²) < 4.78 is 0. The van der Waals surface area contributed by atoms with Gasteiger partial charge in [-0.25, -0.2) is 0 Å². The van der Waals surface area contributed by atoms with Crippen molar-refractivity contribution in [1.29, 1.82) is 0 Å². The SMILES string of the molecule is CC(C(S)=[N+]=[N-])(c1ccccc1)c1ccccc1. The predicted molar refractivity (Wildman–Crippen MR) is 77.0 cm³/mol. The van der Waals surface area contributed by atoms with Gasteiger partial charge in [-0.15, -0.1) is 0 Å². The average Bonchev–Trinajstić information content (AvgIpc) is 2.47. The van der Waals surface area contributed by atoms with E-state index in [9.17, 15) is 0 Å². The lowest BCUT2D eigenvalue weighted by molar-refractivity contribution is -0.00618. The van der Waals surface area contributed by atoms with Gasteiger partial charge in [0.2, 0.25) is 0 Å². The van der Waals surface area contributed by atoms with E-state index >= 15 is 0 Å². The third-order valence-corrected chi connectivity index (χ3v) is 3.78. The Bertz CT molecular complexity index is 532. The quantitative estimate of drug-likeness (QED) is 0.286. The van der Waals surface area contributed by atoms with Crippen LogP contribution in [0.25, 0.3) is 5.53 Å². The maximum atomic E-state index is 9.10. The number of hydrogen-bond acceptors (Lipinski definition) is 0. The van der Waals surface area contributed by atoms with Crippen molar-refractivity contribution in [2.24, 2.45) is 0 Å². The molecule has 0 fully saturated rings. The second-order valence-electron chi connectivity index (χ2n) is 4.28. The van der Waals surface area contributed by atoms with Crippen molar-refractivity contribution < 1.29 is 4.79 Å².